The molecular formula is C13H17N3O2. The molecule has 5 nitrogen and oxygen atoms in total. The standard InChI is InChI=1S/C13H17N3O2/c1-11(16(17)18)10-12-4-2-3-5-13(12)15-8-6-14-7-9-15/h2-5,10,14H,6-9H2,1H3/b11-10+. The van der Waals surface area contributed by atoms with Gasteiger partial charge in [0.25, 0.3) is 0 Å². The number of hydrogen-bond donors (Lipinski definition) is 1. The summed E-state index contributed by atoms with van der Waals surface area (Å²) < 4.78 is 0. The Morgan fingerprint density at radius 2 is 2.06 bits per heavy atom. The Balaban J connectivity index is 2.30. The van der Waals surface area contributed by atoms with Crippen molar-refractivity contribution in [3.8, 4) is 0 Å². The van der Waals surface area contributed by atoms with E-state index >= 15 is 0 Å². The Morgan fingerprint density at radius 1 is 1.39 bits per heavy atom. The van der Waals surface area contributed by atoms with E-state index < -0.39 is 0 Å². The monoisotopic (exact) mass is 247 g/mol. The van der Waals surface area contributed by atoms with E-state index in [1.54, 1.807) is 6.08 Å². The van der Waals surface area contributed by atoms with E-state index in [-0.39, 0.29) is 10.6 Å². The van der Waals surface area contributed by atoms with Gasteiger partial charge in [-0.3, -0.25) is 10.1 Å². The second-order valence-corrected chi connectivity index (χ2v) is 4.34. The highest BCUT2D eigenvalue weighted by molar-refractivity contribution is 5.68. The molecule has 1 aliphatic rings. The fourth-order valence-corrected chi connectivity index (χ4v) is 2.08. The van der Waals surface area contributed by atoms with E-state index in [1.807, 2.05) is 24.3 Å². The Hall–Kier alpha value is -1.88. The lowest BCUT2D eigenvalue weighted by molar-refractivity contribution is -0.422. The highest BCUT2D eigenvalue weighted by Gasteiger charge is 2.14. The van der Waals surface area contributed by atoms with Crippen LogP contribution in [0.15, 0.2) is 30.0 Å². The first kappa shape index (κ1) is 12.6. The van der Waals surface area contributed by atoms with Crippen molar-refractivity contribution in [2.24, 2.45) is 0 Å². The van der Waals surface area contributed by atoms with E-state index in [4.69, 9.17) is 0 Å². The van der Waals surface area contributed by atoms with Crippen molar-refractivity contribution in [2.45, 2.75) is 6.92 Å². The summed E-state index contributed by atoms with van der Waals surface area (Å²) in [5, 5.41) is 14.0. The zero-order valence-corrected chi connectivity index (χ0v) is 10.4. The molecule has 0 unspecified atom stereocenters. The van der Waals surface area contributed by atoms with Gasteiger partial charge < -0.3 is 10.2 Å². The lowest BCUT2D eigenvalue weighted by Crippen LogP contribution is -2.43. The molecule has 0 aliphatic carbocycles. The number of nitrogens with zero attached hydrogens (tertiary/aromatic N) is 2. The summed E-state index contributed by atoms with van der Waals surface area (Å²) in [7, 11) is 0. The summed E-state index contributed by atoms with van der Waals surface area (Å²) in [5.41, 5.74) is 2.14. The minimum Gasteiger partial charge on any atom is -0.368 e. The summed E-state index contributed by atoms with van der Waals surface area (Å²) in [5.74, 6) is 0. The third-order valence-corrected chi connectivity index (χ3v) is 3.05. The minimum absolute atomic E-state index is 0.164. The smallest absolute Gasteiger partial charge is 0.243 e. The van der Waals surface area contributed by atoms with Gasteiger partial charge in [0.05, 0.1) is 4.92 Å². The molecule has 2 rings (SSSR count). The first-order valence-corrected chi connectivity index (χ1v) is 6.06. The van der Waals surface area contributed by atoms with Gasteiger partial charge in [-0.1, -0.05) is 18.2 Å². The fraction of sp³-hybridized carbons (Fsp3) is 0.385. The molecule has 5 heteroatoms. The number of nitrogens with one attached hydrogen (secondary N) is 1. The maximum absolute atomic E-state index is 10.7. The number of para-hydroxylation sites is 1. The molecule has 1 N–H and O–H groups in total. The van der Waals surface area contributed by atoms with Crippen LogP contribution in [0.2, 0.25) is 0 Å². The summed E-state index contributed by atoms with van der Waals surface area (Å²) in [6.07, 6.45) is 1.64. The predicted octanol–water partition coefficient (Wildman–Crippen LogP) is 1.73. The van der Waals surface area contributed by atoms with Crippen LogP contribution in [0.5, 0.6) is 0 Å². The van der Waals surface area contributed by atoms with Crippen LogP contribution >= 0.6 is 0 Å². The first-order valence-electron chi connectivity index (χ1n) is 6.06. The number of hydrogen-bond acceptors (Lipinski definition) is 4. The molecule has 0 radical (unpaired) electrons. The Morgan fingerprint density at radius 3 is 2.72 bits per heavy atom. The normalized spacial score (nSPS) is 16.7. The molecule has 0 amide bonds. The van der Waals surface area contributed by atoms with Gasteiger partial charge in [0.15, 0.2) is 0 Å². The fourth-order valence-electron chi connectivity index (χ4n) is 2.08. The molecule has 0 spiro atoms. The van der Waals surface area contributed by atoms with Crippen LogP contribution in [0.1, 0.15) is 12.5 Å². The molecule has 1 fully saturated rings. The van der Waals surface area contributed by atoms with Gasteiger partial charge in [-0.15, -0.1) is 0 Å². The van der Waals surface area contributed by atoms with Crippen molar-refractivity contribution < 1.29 is 4.92 Å². The second kappa shape index (κ2) is 5.64. The van der Waals surface area contributed by atoms with Crippen molar-refractivity contribution in [1.29, 1.82) is 0 Å². The van der Waals surface area contributed by atoms with Gasteiger partial charge in [-0.2, -0.15) is 0 Å². The van der Waals surface area contributed by atoms with Gasteiger partial charge in [-0.25, -0.2) is 0 Å². The van der Waals surface area contributed by atoms with Crippen molar-refractivity contribution >= 4 is 11.8 Å². The first-order chi connectivity index (χ1) is 8.68. The van der Waals surface area contributed by atoms with Gasteiger partial charge in [0.2, 0.25) is 5.70 Å². The van der Waals surface area contributed by atoms with Crippen molar-refractivity contribution in [3.63, 3.8) is 0 Å². The van der Waals surface area contributed by atoms with Crippen molar-refractivity contribution in [1.82, 2.24) is 5.32 Å². The molecule has 0 aromatic heterocycles. The number of nitro groups is 1. The van der Waals surface area contributed by atoms with Gasteiger partial charge in [0, 0.05) is 50.4 Å². The SMILES string of the molecule is C/C(=C\c1ccccc1N1CCNCC1)[N+](=O)[O-]. The Labute approximate surface area is 106 Å². The molecule has 1 aliphatic heterocycles. The lowest BCUT2D eigenvalue weighted by atomic mass is 10.1. The molecule has 0 saturated carbocycles. The third kappa shape index (κ3) is 2.87. The van der Waals surface area contributed by atoms with Crippen molar-refractivity contribution in [3.05, 3.63) is 45.6 Å². The van der Waals surface area contributed by atoms with Gasteiger partial charge in [0.1, 0.15) is 0 Å². The molecule has 1 aromatic carbocycles. The summed E-state index contributed by atoms with van der Waals surface area (Å²) in [6, 6.07) is 7.82. The average Bonchev–Trinajstić information content (AvgIpc) is 2.40. The zero-order valence-electron chi connectivity index (χ0n) is 10.4. The number of rotatable bonds is 3. The Kier molecular flexibility index (Phi) is 3.94. The van der Waals surface area contributed by atoms with Crippen LogP contribution in [0, 0.1) is 10.1 Å². The Bertz CT molecular complexity index is 465. The number of benzene rings is 1. The predicted molar refractivity (Wildman–Crippen MR) is 72.2 cm³/mol. The largest absolute Gasteiger partial charge is 0.368 e. The lowest BCUT2D eigenvalue weighted by Gasteiger charge is -2.30. The second-order valence-electron chi connectivity index (χ2n) is 4.34. The van der Waals surface area contributed by atoms with Crippen LogP contribution in [-0.2, 0) is 0 Å². The number of allylic oxidation sites excluding steroid dienone is 1. The van der Waals surface area contributed by atoms with E-state index in [0.29, 0.717) is 0 Å². The van der Waals surface area contributed by atoms with Crippen LogP contribution < -0.4 is 10.2 Å². The minimum atomic E-state index is -0.353. The van der Waals surface area contributed by atoms with Crippen molar-refractivity contribution in [2.75, 3.05) is 31.1 Å². The molecule has 0 bridgehead atoms. The topological polar surface area (TPSA) is 58.4 Å². The molecule has 96 valence electrons. The van der Waals surface area contributed by atoms with E-state index in [0.717, 1.165) is 37.4 Å². The van der Waals surface area contributed by atoms with Gasteiger partial charge in [-0.05, 0) is 6.07 Å². The van der Waals surface area contributed by atoms with Crippen LogP contribution in [0.25, 0.3) is 6.08 Å². The summed E-state index contributed by atoms with van der Waals surface area (Å²) >= 11 is 0. The van der Waals surface area contributed by atoms with E-state index in [1.165, 1.54) is 6.92 Å². The molecule has 18 heavy (non-hydrogen) atoms. The molecular weight excluding hydrogens is 230 g/mol. The molecule has 0 atom stereocenters. The van der Waals surface area contributed by atoms with Crippen LogP contribution in [-0.4, -0.2) is 31.1 Å². The summed E-state index contributed by atoms with van der Waals surface area (Å²) in [4.78, 5) is 12.6. The molecule has 1 aromatic rings. The van der Waals surface area contributed by atoms with E-state index in [9.17, 15) is 10.1 Å². The highest BCUT2D eigenvalue weighted by atomic mass is 16.6. The highest BCUT2D eigenvalue weighted by Crippen LogP contribution is 2.23. The maximum atomic E-state index is 10.7. The zero-order chi connectivity index (χ0) is 13.0. The van der Waals surface area contributed by atoms with Crippen LogP contribution in [0.4, 0.5) is 5.69 Å². The molecule has 1 heterocycles. The van der Waals surface area contributed by atoms with E-state index in [2.05, 4.69) is 10.2 Å². The molecule has 1 saturated heterocycles. The quantitative estimate of drug-likeness (QED) is 0.653. The maximum Gasteiger partial charge on any atom is 0.243 e. The van der Waals surface area contributed by atoms with Gasteiger partial charge >= 0.3 is 0 Å². The average molecular weight is 247 g/mol. The third-order valence-electron chi connectivity index (χ3n) is 3.05. The number of anilines is 1. The number of piperazine rings is 1. The summed E-state index contributed by atoms with van der Waals surface area (Å²) in [6.45, 7) is 5.29. The van der Waals surface area contributed by atoms with Crippen LogP contribution in [0.3, 0.4) is 0 Å².